The van der Waals surface area contributed by atoms with Crippen molar-refractivity contribution in [3.05, 3.63) is 70.8 Å². The van der Waals surface area contributed by atoms with E-state index in [0.29, 0.717) is 26.2 Å². The van der Waals surface area contributed by atoms with E-state index in [2.05, 4.69) is 17.1 Å². The molecule has 0 radical (unpaired) electrons. The molecule has 0 aliphatic carbocycles. The molecule has 3 saturated heterocycles. The van der Waals surface area contributed by atoms with Gasteiger partial charge in [0.15, 0.2) is 12.1 Å². The average Bonchev–Trinajstić information content (AvgIpc) is 3.46. The van der Waals surface area contributed by atoms with Crippen molar-refractivity contribution >= 4 is 11.9 Å². The number of piperidine rings is 1. The first-order valence-corrected chi connectivity index (χ1v) is 14.9. The van der Waals surface area contributed by atoms with Crippen LogP contribution in [0.5, 0.6) is 0 Å². The molecule has 1 spiro atoms. The van der Waals surface area contributed by atoms with Crippen LogP contribution in [0.2, 0.25) is 0 Å². The second-order valence-corrected chi connectivity index (χ2v) is 11.5. The summed E-state index contributed by atoms with van der Waals surface area (Å²) in [6, 6.07) is 15.7. The maximum Gasteiger partial charge on any atom is 0.303 e. The van der Waals surface area contributed by atoms with Crippen LogP contribution in [-0.4, -0.2) is 71.7 Å². The third kappa shape index (κ3) is 7.75. The highest BCUT2D eigenvalue weighted by atomic mass is 16.7. The lowest BCUT2D eigenvalue weighted by Crippen LogP contribution is -2.50. The Hall–Kier alpha value is -2.86. The first-order valence-electron chi connectivity index (χ1n) is 14.9. The predicted octanol–water partition coefficient (Wildman–Crippen LogP) is 3.68. The normalized spacial score (nSPS) is 25.9. The Morgan fingerprint density at radius 2 is 1.57 bits per heavy atom. The molecule has 0 unspecified atom stereocenters. The zero-order valence-corrected chi connectivity index (χ0v) is 24.2. The van der Waals surface area contributed by atoms with Crippen molar-refractivity contribution in [1.82, 2.24) is 10.2 Å². The van der Waals surface area contributed by atoms with Gasteiger partial charge in [0.2, 0.25) is 5.91 Å². The van der Waals surface area contributed by atoms with E-state index in [1.54, 1.807) is 0 Å². The summed E-state index contributed by atoms with van der Waals surface area (Å²) in [6.07, 6.45) is 1.35. The van der Waals surface area contributed by atoms with Gasteiger partial charge in [-0.05, 0) is 23.1 Å². The fourth-order valence-electron chi connectivity index (χ4n) is 5.93. The summed E-state index contributed by atoms with van der Waals surface area (Å²) in [7, 11) is 0. The molecule has 2 aromatic rings. The summed E-state index contributed by atoms with van der Waals surface area (Å²) < 4.78 is 25.0. The monoisotopic (exact) mass is 582 g/mol. The topological polar surface area (TPSA) is 127 Å². The highest BCUT2D eigenvalue weighted by molar-refractivity contribution is 5.76. The maximum absolute atomic E-state index is 12.1. The van der Waals surface area contributed by atoms with Crippen LogP contribution in [0.25, 0.3) is 0 Å². The fraction of sp³-hybridized carbons (Fsp3) is 0.562. The Kier molecular flexibility index (Phi) is 10.3. The number of benzene rings is 2. The van der Waals surface area contributed by atoms with E-state index in [4.69, 9.17) is 24.1 Å². The minimum atomic E-state index is -0.899. The zero-order chi connectivity index (χ0) is 29.5. The van der Waals surface area contributed by atoms with Gasteiger partial charge in [0.25, 0.3) is 0 Å². The molecule has 228 valence electrons. The number of aliphatic hydroxyl groups is 1. The number of likely N-dealkylation sites (tertiary alicyclic amines) is 1. The molecule has 5 rings (SSSR count). The lowest BCUT2D eigenvalue weighted by molar-refractivity contribution is -0.278. The average molecular weight is 583 g/mol. The lowest BCUT2D eigenvalue weighted by atomic mass is 9.89. The number of nitrogens with one attached hydrogen (secondary N) is 1. The van der Waals surface area contributed by atoms with Gasteiger partial charge < -0.3 is 39.4 Å². The maximum atomic E-state index is 12.1. The summed E-state index contributed by atoms with van der Waals surface area (Å²) in [6.45, 7) is 6.38. The smallest absolute Gasteiger partial charge is 0.303 e. The van der Waals surface area contributed by atoms with Crippen molar-refractivity contribution in [2.24, 2.45) is 5.92 Å². The first-order chi connectivity index (χ1) is 20.3. The van der Waals surface area contributed by atoms with E-state index in [1.165, 1.54) is 0 Å². The number of hydrogen-bond donors (Lipinski definition) is 3. The van der Waals surface area contributed by atoms with Gasteiger partial charge in [0.05, 0.1) is 32.0 Å². The highest BCUT2D eigenvalue weighted by Gasteiger charge is 2.43. The molecule has 3 N–H and O–H groups in total. The Bertz CT molecular complexity index is 1170. The number of aliphatic hydroxyl groups excluding tert-OH is 1. The summed E-state index contributed by atoms with van der Waals surface area (Å²) in [5.74, 6) is -1.39. The number of aliphatic carboxylic acids is 1. The van der Waals surface area contributed by atoms with Gasteiger partial charge in [-0.3, -0.25) is 9.59 Å². The second-order valence-electron chi connectivity index (χ2n) is 11.5. The van der Waals surface area contributed by atoms with Crippen molar-refractivity contribution in [3.8, 4) is 0 Å². The molecule has 4 atom stereocenters. The molecule has 10 heteroatoms. The first kappa shape index (κ1) is 30.6. The molecule has 0 aromatic heterocycles. The van der Waals surface area contributed by atoms with Gasteiger partial charge in [0, 0.05) is 63.3 Å². The highest BCUT2D eigenvalue weighted by Crippen LogP contribution is 2.42. The van der Waals surface area contributed by atoms with Crippen LogP contribution in [0.15, 0.2) is 48.5 Å². The molecule has 3 fully saturated rings. The number of carbonyl (C=O) groups excluding carboxylic acids is 1. The van der Waals surface area contributed by atoms with Crippen LogP contribution in [-0.2, 0) is 41.7 Å². The van der Waals surface area contributed by atoms with E-state index < -0.39 is 18.0 Å². The number of rotatable bonds is 11. The van der Waals surface area contributed by atoms with Gasteiger partial charge in [-0.1, -0.05) is 55.5 Å². The quantitative estimate of drug-likeness (QED) is 0.364. The van der Waals surface area contributed by atoms with Gasteiger partial charge in [0.1, 0.15) is 0 Å². The van der Waals surface area contributed by atoms with Crippen LogP contribution in [0.3, 0.4) is 0 Å². The molecule has 3 aliphatic heterocycles. The zero-order valence-electron chi connectivity index (χ0n) is 24.2. The van der Waals surface area contributed by atoms with Gasteiger partial charge in [-0.15, -0.1) is 0 Å². The van der Waals surface area contributed by atoms with E-state index in [9.17, 15) is 14.7 Å². The largest absolute Gasteiger partial charge is 0.481 e. The molecule has 0 bridgehead atoms. The molecular formula is C32H42N2O8. The number of hydrogen-bond acceptors (Lipinski definition) is 8. The molecule has 1 amide bonds. The van der Waals surface area contributed by atoms with Crippen molar-refractivity contribution < 1.29 is 38.7 Å². The summed E-state index contributed by atoms with van der Waals surface area (Å²) >= 11 is 0. The molecule has 3 heterocycles. The molecule has 2 aromatic carbocycles. The third-order valence-corrected chi connectivity index (χ3v) is 8.53. The van der Waals surface area contributed by atoms with Crippen LogP contribution in [0.4, 0.5) is 0 Å². The second kappa shape index (κ2) is 14.1. The summed E-state index contributed by atoms with van der Waals surface area (Å²) in [5.41, 5.74) is 3.73. The van der Waals surface area contributed by atoms with E-state index >= 15 is 0 Å². The number of carboxylic acid groups (broad SMARTS) is 1. The summed E-state index contributed by atoms with van der Waals surface area (Å²) in [5, 5.41) is 21.1. The summed E-state index contributed by atoms with van der Waals surface area (Å²) in [4.78, 5) is 25.1. The van der Waals surface area contributed by atoms with E-state index in [1.807, 2.05) is 48.5 Å². The molecule has 0 saturated carbocycles. The number of ether oxygens (including phenoxy) is 4. The van der Waals surface area contributed by atoms with Gasteiger partial charge in [-0.25, -0.2) is 0 Å². The Morgan fingerprint density at radius 1 is 0.929 bits per heavy atom. The van der Waals surface area contributed by atoms with Gasteiger partial charge >= 0.3 is 5.97 Å². The number of carbonyl (C=O) groups is 2. The third-order valence-electron chi connectivity index (χ3n) is 8.53. The van der Waals surface area contributed by atoms with Gasteiger partial charge in [-0.2, -0.15) is 0 Å². The van der Waals surface area contributed by atoms with E-state index in [0.717, 1.165) is 54.7 Å². The van der Waals surface area contributed by atoms with Crippen molar-refractivity contribution in [1.29, 1.82) is 0 Å². The standard InChI is InChI=1S/C32H42N2O8/c1-22-27(20-34-15-13-32(14-16-34)39-17-18-40-32)41-31(42-30(22)25-9-7-24(21-35)8-10-25)26-11-5-23(6-12-26)19-33-28(36)3-2-4-29(37)38/h5-12,22,27,30-31,35H,2-4,13-21H2,1H3,(H,33,36)(H,37,38)/t22-,27+,30+,31+/m1/s1. The van der Waals surface area contributed by atoms with Crippen molar-refractivity contribution in [2.45, 2.75) is 76.5 Å². The number of amides is 1. The predicted molar refractivity (Wildman–Crippen MR) is 153 cm³/mol. The number of nitrogens with zero attached hydrogens (tertiary/aromatic N) is 1. The lowest BCUT2D eigenvalue weighted by Gasteiger charge is -2.44. The molecule has 10 nitrogen and oxygen atoms in total. The Balaban J connectivity index is 1.25. The van der Waals surface area contributed by atoms with E-state index in [-0.39, 0.29) is 43.5 Å². The Morgan fingerprint density at radius 3 is 2.21 bits per heavy atom. The van der Waals surface area contributed by atoms with Crippen LogP contribution in [0, 0.1) is 5.92 Å². The van der Waals surface area contributed by atoms with Crippen LogP contribution >= 0.6 is 0 Å². The minimum absolute atomic E-state index is 0.00522. The SMILES string of the molecule is C[C@@H]1[C@H](CN2CCC3(CC2)OCCO3)O[C@H](c2ccc(CNC(=O)CCCC(=O)O)cc2)O[C@@H]1c1ccc(CO)cc1. The van der Waals surface area contributed by atoms with Crippen LogP contribution in [0.1, 0.15) is 73.7 Å². The van der Waals surface area contributed by atoms with Crippen LogP contribution < -0.4 is 5.32 Å². The molecule has 42 heavy (non-hydrogen) atoms. The van der Waals surface area contributed by atoms with Crippen molar-refractivity contribution in [2.75, 3.05) is 32.8 Å². The van der Waals surface area contributed by atoms with Crippen molar-refractivity contribution in [3.63, 3.8) is 0 Å². The Labute approximate surface area is 246 Å². The minimum Gasteiger partial charge on any atom is -0.481 e. The molecule has 3 aliphatic rings. The number of carboxylic acids is 1. The molecular weight excluding hydrogens is 540 g/mol. The fourth-order valence-corrected chi connectivity index (χ4v) is 5.93.